The van der Waals surface area contributed by atoms with Gasteiger partial charge in [-0.3, -0.25) is 4.79 Å². The fraction of sp³-hybridized carbons (Fsp3) is 0.917. The highest BCUT2D eigenvalue weighted by atomic mass is 16.2. The molecule has 0 aliphatic heterocycles. The molecular weight excluding hydrogens is 188 g/mol. The number of hydrogen-bond donors (Lipinski definition) is 1. The van der Waals surface area contributed by atoms with Crippen LogP contribution in [0.5, 0.6) is 0 Å². The Morgan fingerprint density at radius 3 is 2.33 bits per heavy atom. The molecule has 3 heteroatoms. The second-order valence-electron chi connectivity index (χ2n) is 4.87. The van der Waals surface area contributed by atoms with Crippen LogP contribution in [0.1, 0.15) is 46.5 Å². The van der Waals surface area contributed by atoms with Crippen LogP contribution in [0.25, 0.3) is 0 Å². The van der Waals surface area contributed by atoms with Gasteiger partial charge in [0.15, 0.2) is 0 Å². The maximum Gasteiger partial charge on any atom is 0.222 e. The molecule has 1 atom stereocenters. The fourth-order valence-electron chi connectivity index (χ4n) is 1.40. The van der Waals surface area contributed by atoms with E-state index in [0.717, 1.165) is 25.3 Å². The van der Waals surface area contributed by atoms with Crippen molar-refractivity contribution >= 4 is 5.91 Å². The lowest BCUT2D eigenvalue weighted by Gasteiger charge is -2.18. The van der Waals surface area contributed by atoms with Gasteiger partial charge < -0.3 is 10.6 Å². The van der Waals surface area contributed by atoms with Crippen LogP contribution in [0, 0.1) is 5.92 Å². The molecule has 90 valence electrons. The predicted molar refractivity (Wildman–Crippen MR) is 64.6 cm³/mol. The zero-order valence-electron chi connectivity index (χ0n) is 10.6. The van der Waals surface area contributed by atoms with Crippen LogP contribution in [-0.4, -0.2) is 30.4 Å². The summed E-state index contributed by atoms with van der Waals surface area (Å²) in [5, 5.41) is 0. The first-order valence-corrected chi connectivity index (χ1v) is 5.93. The Balaban J connectivity index is 3.60. The number of hydrogen-bond acceptors (Lipinski definition) is 2. The lowest BCUT2D eigenvalue weighted by Crippen LogP contribution is -2.29. The molecule has 0 bridgehead atoms. The largest absolute Gasteiger partial charge is 0.346 e. The molecule has 0 saturated heterocycles. The second-order valence-corrected chi connectivity index (χ2v) is 4.87. The predicted octanol–water partition coefficient (Wildman–Crippen LogP) is 2.01. The van der Waals surface area contributed by atoms with E-state index in [4.69, 9.17) is 5.73 Å². The van der Waals surface area contributed by atoms with Gasteiger partial charge in [-0.05, 0) is 32.1 Å². The van der Waals surface area contributed by atoms with E-state index in [1.165, 1.54) is 6.42 Å². The van der Waals surface area contributed by atoms with Gasteiger partial charge in [-0.1, -0.05) is 13.8 Å². The van der Waals surface area contributed by atoms with E-state index in [2.05, 4.69) is 13.8 Å². The highest BCUT2D eigenvalue weighted by molar-refractivity contribution is 5.75. The van der Waals surface area contributed by atoms with E-state index < -0.39 is 0 Å². The molecule has 0 aliphatic carbocycles. The number of carbonyl (C=O) groups is 1. The van der Waals surface area contributed by atoms with E-state index in [-0.39, 0.29) is 11.9 Å². The molecule has 0 aromatic rings. The van der Waals surface area contributed by atoms with E-state index in [9.17, 15) is 4.79 Å². The summed E-state index contributed by atoms with van der Waals surface area (Å²) < 4.78 is 0. The topological polar surface area (TPSA) is 46.3 Å². The summed E-state index contributed by atoms with van der Waals surface area (Å²) in [5.41, 5.74) is 5.61. The van der Waals surface area contributed by atoms with Crippen LogP contribution in [-0.2, 0) is 4.79 Å². The van der Waals surface area contributed by atoms with Gasteiger partial charge in [0.05, 0.1) is 0 Å². The van der Waals surface area contributed by atoms with E-state index in [0.29, 0.717) is 6.42 Å². The molecule has 0 fully saturated rings. The molecule has 15 heavy (non-hydrogen) atoms. The van der Waals surface area contributed by atoms with Crippen LogP contribution >= 0.6 is 0 Å². The minimum atomic E-state index is 0.123. The molecule has 0 saturated carbocycles. The average molecular weight is 214 g/mol. The number of nitrogens with zero attached hydrogens (tertiary/aromatic N) is 1. The Morgan fingerprint density at radius 2 is 1.87 bits per heavy atom. The van der Waals surface area contributed by atoms with Gasteiger partial charge in [0.2, 0.25) is 5.91 Å². The number of rotatable bonds is 7. The van der Waals surface area contributed by atoms with Crippen molar-refractivity contribution in [2.24, 2.45) is 11.7 Å². The minimum absolute atomic E-state index is 0.123. The highest BCUT2D eigenvalue weighted by Crippen LogP contribution is 2.05. The number of carbonyl (C=O) groups excluding carboxylic acids is 1. The summed E-state index contributed by atoms with van der Waals surface area (Å²) in [4.78, 5) is 13.4. The third kappa shape index (κ3) is 8.43. The first kappa shape index (κ1) is 14.4. The van der Waals surface area contributed by atoms with Crippen molar-refractivity contribution in [3.8, 4) is 0 Å². The average Bonchev–Trinajstić information content (AvgIpc) is 2.13. The molecular formula is C12H26N2O. The smallest absolute Gasteiger partial charge is 0.222 e. The van der Waals surface area contributed by atoms with Crippen molar-refractivity contribution < 1.29 is 4.79 Å². The summed E-state index contributed by atoms with van der Waals surface area (Å²) in [6, 6.07) is 0.123. The third-order valence-electron chi connectivity index (χ3n) is 2.51. The van der Waals surface area contributed by atoms with Gasteiger partial charge in [-0.15, -0.1) is 0 Å². The third-order valence-corrected chi connectivity index (χ3v) is 2.51. The Hall–Kier alpha value is -0.570. The molecule has 2 N–H and O–H groups in total. The Kier molecular flexibility index (Phi) is 7.39. The molecule has 0 aromatic carbocycles. The van der Waals surface area contributed by atoms with Crippen molar-refractivity contribution in [2.45, 2.75) is 52.5 Å². The van der Waals surface area contributed by atoms with Gasteiger partial charge in [-0.2, -0.15) is 0 Å². The maximum absolute atomic E-state index is 11.6. The van der Waals surface area contributed by atoms with E-state index in [1.807, 2.05) is 18.9 Å². The SMILES string of the molecule is CC(C)CCCN(C)C(=O)CCC(C)N. The fourth-order valence-corrected chi connectivity index (χ4v) is 1.40. The molecule has 0 aliphatic rings. The Morgan fingerprint density at radius 1 is 1.27 bits per heavy atom. The monoisotopic (exact) mass is 214 g/mol. The first-order valence-electron chi connectivity index (χ1n) is 5.93. The van der Waals surface area contributed by atoms with Crippen molar-refractivity contribution in [2.75, 3.05) is 13.6 Å². The summed E-state index contributed by atoms with van der Waals surface area (Å²) in [5.74, 6) is 0.939. The van der Waals surface area contributed by atoms with Crippen molar-refractivity contribution in [3.63, 3.8) is 0 Å². The van der Waals surface area contributed by atoms with Crippen molar-refractivity contribution in [3.05, 3.63) is 0 Å². The normalized spacial score (nSPS) is 12.9. The molecule has 0 radical (unpaired) electrons. The molecule has 0 aromatic heterocycles. The van der Waals surface area contributed by atoms with Gasteiger partial charge in [0, 0.05) is 26.1 Å². The standard InChI is InChI=1S/C12H26N2O/c1-10(2)6-5-9-14(4)12(15)8-7-11(3)13/h10-11H,5-9,13H2,1-4H3. The van der Waals surface area contributed by atoms with E-state index in [1.54, 1.807) is 0 Å². The zero-order chi connectivity index (χ0) is 11.8. The van der Waals surface area contributed by atoms with Crippen LogP contribution in [0.15, 0.2) is 0 Å². The first-order chi connectivity index (χ1) is 6.93. The van der Waals surface area contributed by atoms with Gasteiger partial charge in [0.25, 0.3) is 0 Å². The molecule has 1 amide bonds. The summed E-state index contributed by atoms with van der Waals surface area (Å²) in [6.07, 6.45) is 3.65. The van der Waals surface area contributed by atoms with Gasteiger partial charge in [-0.25, -0.2) is 0 Å². The number of amides is 1. The molecule has 0 rings (SSSR count). The van der Waals surface area contributed by atoms with Crippen LogP contribution in [0.2, 0.25) is 0 Å². The van der Waals surface area contributed by atoms with Gasteiger partial charge in [0.1, 0.15) is 0 Å². The van der Waals surface area contributed by atoms with Gasteiger partial charge >= 0.3 is 0 Å². The quantitative estimate of drug-likeness (QED) is 0.704. The van der Waals surface area contributed by atoms with Crippen molar-refractivity contribution in [1.29, 1.82) is 0 Å². The summed E-state index contributed by atoms with van der Waals surface area (Å²) >= 11 is 0. The summed E-state index contributed by atoms with van der Waals surface area (Å²) in [6.45, 7) is 7.22. The lowest BCUT2D eigenvalue weighted by molar-refractivity contribution is -0.130. The molecule has 3 nitrogen and oxygen atoms in total. The Labute approximate surface area is 94.0 Å². The maximum atomic E-state index is 11.6. The van der Waals surface area contributed by atoms with Crippen LogP contribution in [0.4, 0.5) is 0 Å². The summed E-state index contributed by atoms with van der Waals surface area (Å²) in [7, 11) is 1.88. The van der Waals surface area contributed by atoms with Crippen LogP contribution < -0.4 is 5.73 Å². The minimum Gasteiger partial charge on any atom is -0.346 e. The lowest BCUT2D eigenvalue weighted by atomic mass is 10.1. The molecule has 0 heterocycles. The molecule has 1 unspecified atom stereocenters. The highest BCUT2D eigenvalue weighted by Gasteiger charge is 2.09. The van der Waals surface area contributed by atoms with Crippen molar-refractivity contribution in [1.82, 2.24) is 4.90 Å². The molecule has 0 spiro atoms. The Bertz CT molecular complexity index is 178. The van der Waals surface area contributed by atoms with E-state index >= 15 is 0 Å². The number of nitrogens with two attached hydrogens (primary N) is 1. The second kappa shape index (κ2) is 7.69. The van der Waals surface area contributed by atoms with Crippen LogP contribution in [0.3, 0.4) is 0 Å². The zero-order valence-corrected chi connectivity index (χ0v) is 10.6.